The van der Waals surface area contributed by atoms with Crippen molar-refractivity contribution in [2.24, 2.45) is 11.7 Å². The Morgan fingerprint density at radius 3 is 2.90 bits per heavy atom. The average Bonchev–Trinajstić information content (AvgIpc) is 2.53. The first-order valence-electron chi connectivity index (χ1n) is 7.06. The van der Waals surface area contributed by atoms with Gasteiger partial charge in [-0.15, -0.1) is 0 Å². The second kappa shape index (κ2) is 6.50. The fourth-order valence-electron chi connectivity index (χ4n) is 3.10. The second-order valence-electron chi connectivity index (χ2n) is 5.36. The summed E-state index contributed by atoms with van der Waals surface area (Å²) in [6.07, 6.45) is 5.63. The Balaban J connectivity index is 2.41. The molecule has 0 amide bonds. The first-order chi connectivity index (χ1) is 10.1. The van der Waals surface area contributed by atoms with Gasteiger partial charge in [-0.2, -0.15) is 5.26 Å². The van der Waals surface area contributed by atoms with Crippen LogP contribution in [0.5, 0.6) is 0 Å². The number of pyridine rings is 1. The van der Waals surface area contributed by atoms with Crippen LogP contribution < -0.4 is 10.6 Å². The molecule has 112 valence electrons. The van der Waals surface area contributed by atoms with Gasteiger partial charge in [0.1, 0.15) is 11.6 Å². The lowest BCUT2D eigenvalue weighted by atomic mass is 9.83. The first-order valence-corrected chi connectivity index (χ1v) is 7.06. The summed E-state index contributed by atoms with van der Waals surface area (Å²) in [5, 5.41) is 20.4. The smallest absolute Gasteiger partial charge is 0.329 e. The van der Waals surface area contributed by atoms with Crippen molar-refractivity contribution < 1.29 is 4.92 Å². The van der Waals surface area contributed by atoms with E-state index in [1.54, 1.807) is 7.05 Å². The minimum Gasteiger partial charge on any atom is -0.351 e. The van der Waals surface area contributed by atoms with Gasteiger partial charge in [-0.05, 0) is 31.4 Å². The van der Waals surface area contributed by atoms with E-state index in [0.29, 0.717) is 12.5 Å². The maximum Gasteiger partial charge on any atom is 0.329 e. The zero-order valence-electron chi connectivity index (χ0n) is 12.0. The van der Waals surface area contributed by atoms with E-state index in [4.69, 9.17) is 11.0 Å². The molecule has 0 spiro atoms. The molecule has 0 aliphatic heterocycles. The van der Waals surface area contributed by atoms with Gasteiger partial charge in [-0.1, -0.05) is 12.8 Å². The molecule has 0 bridgehead atoms. The van der Waals surface area contributed by atoms with E-state index < -0.39 is 4.92 Å². The van der Waals surface area contributed by atoms with Crippen molar-refractivity contribution >= 4 is 11.5 Å². The van der Waals surface area contributed by atoms with Crippen molar-refractivity contribution in [2.45, 2.75) is 31.7 Å². The molecule has 7 heteroatoms. The van der Waals surface area contributed by atoms with Crippen molar-refractivity contribution in [3.8, 4) is 6.07 Å². The van der Waals surface area contributed by atoms with Crippen LogP contribution in [0.4, 0.5) is 11.5 Å². The lowest BCUT2D eigenvalue weighted by Gasteiger charge is -2.37. The minimum absolute atomic E-state index is 0.0388. The molecule has 2 N–H and O–H groups in total. The molecule has 1 aromatic rings. The van der Waals surface area contributed by atoms with Crippen LogP contribution in [-0.4, -0.2) is 29.5 Å². The van der Waals surface area contributed by atoms with Gasteiger partial charge in [0.05, 0.1) is 4.92 Å². The fraction of sp³-hybridized carbons (Fsp3) is 0.571. The number of aromatic nitrogens is 1. The van der Waals surface area contributed by atoms with Gasteiger partial charge in [0.2, 0.25) is 5.82 Å². The molecule has 21 heavy (non-hydrogen) atoms. The zero-order chi connectivity index (χ0) is 15.4. The van der Waals surface area contributed by atoms with E-state index >= 15 is 0 Å². The van der Waals surface area contributed by atoms with Crippen molar-refractivity contribution in [1.82, 2.24) is 4.98 Å². The lowest BCUT2D eigenvalue weighted by Crippen LogP contribution is -2.43. The van der Waals surface area contributed by atoms with Crippen molar-refractivity contribution in [1.29, 1.82) is 5.26 Å². The third kappa shape index (κ3) is 2.95. The summed E-state index contributed by atoms with van der Waals surface area (Å²) in [6.45, 7) is 0.556. The highest BCUT2D eigenvalue weighted by Crippen LogP contribution is 2.34. The maximum absolute atomic E-state index is 11.3. The number of hydrogen-bond acceptors (Lipinski definition) is 6. The topological polar surface area (TPSA) is 109 Å². The summed E-state index contributed by atoms with van der Waals surface area (Å²) in [4.78, 5) is 16.7. The summed E-state index contributed by atoms with van der Waals surface area (Å²) in [5.74, 6) is 0.556. The Morgan fingerprint density at radius 2 is 2.29 bits per heavy atom. The molecule has 2 atom stereocenters. The quantitative estimate of drug-likeness (QED) is 0.668. The summed E-state index contributed by atoms with van der Waals surface area (Å²) in [5.41, 5.74) is 5.65. The van der Waals surface area contributed by atoms with Gasteiger partial charge in [0.25, 0.3) is 0 Å². The molecular weight excluding hydrogens is 270 g/mol. The van der Waals surface area contributed by atoms with Crippen LogP contribution in [0.25, 0.3) is 0 Å². The maximum atomic E-state index is 11.3. The standard InChI is InChI=1S/C14H19N5O2/c1-18(12-5-3-2-4-10(12)8-15)14-13(19(20)21)11(9-16)6-7-17-14/h6-7,10,12H,2-5,8,15H2,1H3. The highest BCUT2D eigenvalue weighted by Gasteiger charge is 2.32. The number of anilines is 1. The van der Waals surface area contributed by atoms with Crippen LogP contribution in [-0.2, 0) is 0 Å². The molecule has 0 radical (unpaired) electrons. The molecule has 1 heterocycles. The van der Waals surface area contributed by atoms with Crippen LogP contribution in [0.2, 0.25) is 0 Å². The average molecular weight is 289 g/mol. The Labute approximate surface area is 123 Å². The highest BCUT2D eigenvalue weighted by molar-refractivity contribution is 5.65. The van der Waals surface area contributed by atoms with E-state index in [1.807, 2.05) is 11.0 Å². The van der Waals surface area contributed by atoms with Crippen LogP contribution >= 0.6 is 0 Å². The summed E-state index contributed by atoms with van der Waals surface area (Å²) >= 11 is 0. The molecule has 1 aliphatic rings. The largest absolute Gasteiger partial charge is 0.351 e. The number of hydrogen-bond donors (Lipinski definition) is 1. The Hall–Kier alpha value is -2.20. The van der Waals surface area contributed by atoms with E-state index in [1.165, 1.54) is 12.3 Å². The molecular formula is C14H19N5O2. The second-order valence-corrected chi connectivity index (χ2v) is 5.36. The Morgan fingerprint density at radius 1 is 1.57 bits per heavy atom. The van der Waals surface area contributed by atoms with Crippen LogP contribution in [0.1, 0.15) is 31.2 Å². The van der Waals surface area contributed by atoms with Crippen molar-refractivity contribution in [3.63, 3.8) is 0 Å². The molecule has 7 nitrogen and oxygen atoms in total. The molecule has 0 saturated heterocycles. The summed E-state index contributed by atoms with van der Waals surface area (Å²) in [6, 6.07) is 3.37. The minimum atomic E-state index is -0.530. The van der Waals surface area contributed by atoms with Crippen molar-refractivity contribution in [3.05, 3.63) is 27.9 Å². The van der Waals surface area contributed by atoms with E-state index in [0.717, 1.165) is 25.7 Å². The van der Waals surface area contributed by atoms with E-state index in [2.05, 4.69) is 4.98 Å². The molecule has 2 unspecified atom stereocenters. The molecule has 1 aliphatic carbocycles. The van der Waals surface area contributed by atoms with E-state index in [-0.39, 0.29) is 23.1 Å². The third-order valence-corrected chi connectivity index (χ3v) is 4.21. The van der Waals surface area contributed by atoms with Crippen LogP contribution in [0.15, 0.2) is 12.3 Å². The predicted octanol–water partition coefficient (Wildman–Crippen LogP) is 1.82. The molecule has 2 rings (SSSR count). The molecule has 1 saturated carbocycles. The number of nitro groups is 1. The van der Waals surface area contributed by atoms with Gasteiger partial charge in [-0.25, -0.2) is 4.98 Å². The predicted molar refractivity (Wildman–Crippen MR) is 78.8 cm³/mol. The number of rotatable bonds is 4. The highest BCUT2D eigenvalue weighted by atomic mass is 16.6. The van der Waals surface area contributed by atoms with Crippen LogP contribution in [0, 0.1) is 27.4 Å². The van der Waals surface area contributed by atoms with Gasteiger partial charge in [-0.3, -0.25) is 10.1 Å². The lowest BCUT2D eigenvalue weighted by molar-refractivity contribution is -0.384. The Bertz CT molecular complexity index is 569. The summed E-state index contributed by atoms with van der Waals surface area (Å²) < 4.78 is 0. The van der Waals surface area contributed by atoms with Gasteiger partial charge in [0.15, 0.2) is 0 Å². The molecule has 1 aromatic heterocycles. The van der Waals surface area contributed by atoms with E-state index in [9.17, 15) is 10.1 Å². The van der Waals surface area contributed by atoms with Gasteiger partial charge >= 0.3 is 5.69 Å². The molecule has 1 fully saturated rings. The number of nitriles is 1. The number of nitrogens with two attached hydrogens (primary N) is 1. The van der Waals surface area contributed by atoms with Crippen molar-refractivity contribution in [2.75, 3.05) is 18.5 Å². The van der Waals surface area contributed by atoms with Gasteiger partial charge in [0, 0.05) is 19.3 Å². The molecule has 0 aromatic carbocycles. The fourth-order valence-corrected chi connectivity index (χ4v) is 3.10. The van der Waals surface area contributed by atoms with Gasteiger partial charge < -0.3 is 10.6 Å². The summed E-state index contributed by atoms with van der Waals surface area (Å²) in [7, 11) is 1.80. The monoisotopic (exact) mass is 289 g/mol. The first kappa shape index (κ1) is 15.2. The zero-order valence-corrected chi connectivity index (χ0v) is 12.0. The SMILES string of the molecule is CN(c1nccc(C#N)c1[N+](=O)[O-])C1CCCCC1CN. The normalized spacial score (nSPS) is 21.6. The Kier molecular flexibility index (Phi) is 4.70. The third-order valence-electron chi connectivity index (χ3n) is 4.21. The van der Waals surface area contributed by atoms with Crippen LogP contribution in [0.3, 0.4) is 0 Å². The number of nitrogens with zero attached hydrogens (tertiary/aromatic N) is 4.